The van der Waals surface area contributed by atoms with E-state index in [9.17, 15) is 22.2 Å². The van der Waals surface area contributed by atoms with E-state index >= 15 is 0 Å². The van der Waals surface area contributed by atoms with Crippen LogP contribution in [0, 0.1) is 5.82 Å². The number of rotatable bonds is 8. The summed E-state index contributed by atoms with van der Waals surface area (Å²) in [4.78, 5) is 17.2. The van der Waals surface area contributed by atoms with Gasteiger partial charge in [-0.3, -0.25) is 9.78 Å². The second-order valence-electron chi connectivity index (χ2n) is 9.66. The molecule has 2 aromatic carbocycles. The first-order valence-electron chi connectivity index (χ1n) is 12.7. The average Bonchev–Trinajstić information content (AvgIpc) is 3.31. The van der Waals surface area contributed by atoms with Gasteiger partial charge in [0.2, 0.25) is 10.0 Å². The van der Waals surface area contributed by atoms with Crippen LogP contribution in [0.2, 0.25) is 0 Å². The average molecular weight is 585 g/mol. The Morgan fingerprint density at radius 2 is 2.00 bits per heavy atom. The zero-order valence-electron chi connectivity index (χ0n) is 22.0. The lowest BCUT2D eigenvalue weighted by Gasteiger charge is -2.33. The van der Waals surface area contributed by atoms with Crippen molar-refractivity contribution in [2.24, 2.45) is 0 Å². The van der Waals surface area contributed by atoms with Crippen molar-refractivity contribution in [3.63, 3.8) is 0 Å². The molecule has 40 heavy (non-hydrogen) atoms. The van der Waals surface area contributed by atoms with Crippen molar-refractivity contribution in [1.29, 1.82) is 0 Å². The third-order valence-corrected chi connectivity index (χ3v) is 9.23. The third kappa shape index (κ3) is 5.85. The van der Waals surface area contributed by atoms with Gasteiger partial charge in [-0.1, -0.05) is 6.07 Å². The summed E-state index contributed by atoms with van der Waals surface area (Å²) in [5, 5.41) is 3.17. The Morgan fingerprint density at radius 1 is 1.23 bits per heavy atom. The summed E-state index contributed by atoms with van der Waals surface area (Å²) in [5.74, 6) is -0.956. The maximum Gasteiger partial charge on any atom is 0.255 e. The van der Waals surface area contributed by atoms with E-state index < -0.39 is 27.2 Å². The second-order valence-corrected chi connectivity index (χ2v) is 12.7. The van der Waals surface area contributed by atoms with E-state index in [0.717, 1.165) is 5.56 Å². The molecule has 1 unspecified atom stereocenters. The van der Waals surface area contributed by atoms with Crippen molar-refractivity contribution in [2.75, 3.05) is 31.1 Å². The van der Waals surface area contributed by atoms with E-state index in [2.05, 4.69) is 15.0 Å². The number of carbonyl (C=O) groups excluding carboxylic acids is 1. The predicted molar refractivity (Wildman–Crippen MR) is 153 cm³/mol. The van der Waals surface area contributed by atoms with Gasteiger partial charge >= 0.3 is 0 Å². The molecule has 1 aliphatic rings. The maximum atomic E-state index is 13.6. The molecule has 2 N–H and O–H groups in total. The van der Waals surface area contributed by atoms with Crippen LogP contribution in [0.1, 0.15) is 40.4 Å². The Labute approximate surface area is 235 Å². The minimum atomic E-state index is -3.64. The zero-order chi connectivity index (χ0) is 28.4. The highest BCUT2D eigenvalue weighted by Crippen LogP contribution is 2.41. The molecule has 0 radical (unpaired) electrons. The van der Waals surface area contributed by atoms with Crippen molar-refractivity contribution in [3.05, 3.63) is 83.4 Å². The molecule has 5 rings (SSSR count). The molecular weight excluding hydrogens is 555 g/mol. The molecule has 0 saturated carbocycles. The number of hydrogen-bond donors (Lipinski definition) is 2. The number of anilines is 1. The highest BCUT2D eigenvalue weighted by atomic mass is 32.2. The van der Waals surface area contributed by atoms with Gasteiger partial charge in [-0.25, -0.2) is 21.8 Å². The van der Waals surface area contributed by atoms with Gasteiger partial charge in [0.05, 0.1) is 28.3 Å². The molecule has 1 amide bonds. The number of pyridine rings is 1. The lowest BCUT2D eigenvalue weighted by atomic mass is 9.89. The third-order valence-electron chi connectivity index (χ3n) is 6.95. The van der Waals surface area contributed by atoms with E-state index in [1.54, 1.807) is 30.5 Å². The molecule has 4 aromatic rings. The van der Waals surface area contributed by atoms with Crippen molar-refractivity contribution in [2.45, 2.75) is 24.5 Å². The number of benzene rings is 2. The fourth-order valence-electron chi connectivity index (χ4n) is 5.11. The minimum absolute atomic E-state index is 0.201. The predicted octanol–water partition coefficient (Wildman–Crippen LogP) is 4.41. The quantitative estimate of drug-likeness (QED) is 0.294. The molecule has 1 fully saturated rings. The fraction of sp³-hybridized carbons (Fsp3) is 0.286. The molecule has 1 saturated heterocycles. The van der Waals surface area contributed by atoms with Crippen LogP contribution in [-0.2, 0) is 27.1 Å². The number of hydrogen-bond acceptors (Lipinski definition) is 7. The van der Waals surface area contributed by atoms with E-state index in [1.807, 2.05) is 6.07 Å². The SMILES string of the molecule is CNC(=O)c1c(-c2ccc(F)cc2)oc2cc(N[S+](C)[O-])c([C@@H]3CCCN(S(=O)(=O)Cc4ccccn4)C3)cc12. The Morgan fingerprint density at radius 3 is 2.67 bits per heavy atom. The summed E-state index contributed by atoms with van der Waals surface area (Å²) in [7, 11) is -2.13. The van der Waals surface area contributed by atoms with Crippen molar-refractivity contribution in [1.82, 2.24) is 14.6 Å². The Bertz CT molecular complexity index is 1630. The lowest BCUT2D eigenvalue weighted by molar-refractivity contribution is 0.0964. The van der Waals surface area contributed by atoms with Crippen LogP contribution in [0.15, 0.2) is 65.2 Å². The van der Waals surface area contributed by atoms with Gasteiger partial charge in [0.1, 0.15) is 29.2 Å². The molecule has 2 aromatic heterocycles. The molecular formula is C28H29FN4O5S2. The van der Waals surface area contributed by atoms with Crippen LogP contribution in [0.5, 0.6) is 0 Å². The number of sulfonamides is 1. The van der Waals surface area contributed by atoms with Crippen LogP contribution >= 0.6 is 0 Å². The van der Waals surface area contributed by atoms with Crippen molar-refractivity contribution in [3.8, 4) is 11.3 Å². The Kier molecular flexibility index (Phi) is 8.13. The number of piperidine rings is 1. The zero-order valence-corrected chi connectivity index (χ0v) is 23.6. The van der Waals surface area contributed by atoms with Gasteiger partial charge in [0.25, 0.3) is 5.91 Å². The smallest absolute Gasteiger partial charge is 0.255 e. The molecule has 210 valence electrons. The van der Waals surface area contributed by atoms with Crippen LogP contribution in [0.3, 0.4) is 0 Å². The Hall–Kier alpha value is -3.45. The van der Waals surface area contributed by atoms with Crippen LogP contribution in [0.25, 0.3) is 22.3 Å². The molecule has 9 nitrogen and oxygen atoms in total. The molecule has 3 heterocycles. The van der Waals surface area contributed by atoms with Gasteiger partial charge in [-0.15, -0.1) is 0 Å². The normalized spacial score (nSPS) is 17.1. The summed E-state index contributed by atoms with van der Waals surface area (Å²) in [6.07, 6.45) is 4.40. The van der Waals surface area contributed by atoms with Crippen LogP contribution in [-0.4, -0.2) is 54.6 Å². The van der Waals surface area contributed by atoms with Gasteiger partial charge in [0, 0.05) is 43.4 Å². The summed E-state index contributed by atoms with van der Waals surface area (Å²) in [5.41, 5.74) is 2.92. The first-order chi connectivity index (χ1) is 19.2. The van der Waals surface area contributed by atoms with Crippen molar-refractivity contribution < 1.29 is 26.6 Å². The number of fused-ring (bicyclic) bond motifs is 1. The topological polar surface area (TPSA) is 128 Å². The van der Waals surface area contributed by atoms with E-state index in [0.29, 0.717) is 47.3 Å². The molecule has 1 aliphatic heterocycles. The Balaban J connectivity index is 1.58. The highest BCUT2D eigenvalue weighted by Gasteiger charge is 2.33. The molecule has 2 atom stereocenters. The number of nitrogens with zero attached hydrogens (tertiary/aromatic N) is 2. The van der Waals surface area contributed by atoms with Crippen molar-refractivity contribution >= 4 is 43.9 Å². The van der Waals surface area contributed by atoms with Crippen LogP contribution in [0.4, 0.5) is 10.1 Å². The summed E-state index contributed by atoms with van der Waals surface area (Å²) in [6.45, 7) is 0.615. The van der Waals surface area contributed by atoms with Gasteiger partial charge in [-0.05, 0) is 66.8 Å². The number of nitrogens with one attached hydrogen (secondary N) is 2. The van der Waals surface area contributed by atoms with E-state index in [-0.39, 0.29) is 35.4 Å². The van der Waals surface area contributed by atoms with E-state index in [4.69, 9.17) is 4.42 Å². The fourth-order valence-corrected chi connectivity index (χ4v) is 7.13. The van der Waals surface area contributed by atoms with Crippen LogP contribution < -0.4 is 10.0 Å². The number of aromatic nitrogens is 1. The molecule has 0 spiro atoms. The molecule has 0 aliphatic carbocycles. The minimum Gasteiger partial charge on any atom is -0.593 e. The first-order valence-corrected chi connectivity index (χ1v) is 15.9. The number of furan rings is 1. The second kappa shape index (κ2) is 11.6. The van der Waals surface area contributed by atoms with Gasteiger partial charge < -0.3 is 14.3 Å². The summed E-state index contributed by atoms with van der Waals surface area (Å²) in [6, 6.07) is 14.3. The number of amides is 1. The summed E-state index contributed by atoms with van der Waals surface area (Å²) < 4.78 is 63.0. The standard InChI is InChI=1S/C28H29FN4O5S2/c1-30-28(34)26-23-14-22(19-6-5-13-33(16-19)40(36,37)17-21-7-3-4-12-31-21)24(32-39(2)35)15-25(23)38-27(26)18-8-10-20(29)11-9-18/h3-4,7-12,14-15,19,32H,5-6,13,16-17H2,1-2H3,(H,30,34)/t19-,39?/m1/s1. The summed E-state index contributed by atoms with van der Waals surface area (Å²) >= 11 is -1.43. The largest absolute Gasteiger partial charge is 0.593 e. The lowest BCUT2D eigenvalue weighted by Crippen LogP contribution is -2.40. The molecule has 12 heteroatoms. The van der Waals surface area contributed by atoms with Gasteiger partial charge in [-0.2, -0.15) is 0 Å². The number of carbonyl (C=O) groups is 1. The first kappa shape index (κ1) is 28.1. The number of halogens is 1. The van der Waals surface area contributed by atoms with E-state index in [1.165, 1.54) is 41.9 Å². The highest BCUT2D eigenvalue weighted by molar-refractivity contribution is 7.92. The monoisotopic (exact) mass is 584 g/mol. The maximum absolute atomic E-state index is 13.6. The molecule has 0 bridgehead atoms. The van der Waals surface area contributed by atoms with Gasteiger partial charge in [0.15, 0.2) is 0 Å².